The number of aliphatic hydroxyl groups is 1. The van der Waals surface area contributed by atoms with Crippen LogP contribution in [0.3, 0.4) is 0 Å². The molecule has 1 heterocycles. The maximum absolute atomic E-state index is 8.99. The largest absolute Gasteiger partial charge is 0.376 e. The molecule has 0 aliphatic rings. The van der Waals surface area contributed by atoms with E-state index in [-0.39, 0.29) is 0 Å². The zero-order valence-electron chi connectivity index (χ0n) is 4.74. The Hall–Kier alpha value is -0.780. The van der Waals surface area contributed by atoms with Crippen LogP contribution in [0.1, 0.15) is 11.7 Å². The Bertz CT molecular complexity index is 207. The maximum Gasteiger partial charge on any atom is 0.140 e. The molecule has 0 unspecified atom stereocenters. The Morgan fingerprint density at radius 2 is 2.56 bits per heavy atom. The highest BCUT2D eigenvalue weighted by Crippen LogP contribution is 2.14. The Balaban J connectivity index is 2.80. The molecule has 0 radical (unpaired) electrons. The van der Waals surface area contributed by atoms with Crippen LogP contribution in [0.2, 0.25) is 0 Å². The Kier molecular flexibility index (Phi) is 1.88. The summed E-state index contributed by atoms with van der Waals surface area (Å²) in [6.07, 6.45) is 4.24. The quantitative estimate of drug-likeness (QED) is 0.582. The fraction of sp³-hybridized carbons (Fsp3) is 0.143. The van der Waals surface area contributed by atoms with Crippen molar-refractivity contribution < 1.29 is 5.11 Å². The molecule has 0 amide bonds. The molecule has 0 saturated carbocycles. The number of hydrogen-bond donors (Lipinski definition) is 1. The van der Waals surface area contributed by atoms with Crippen molar-refractivity contribution in [3.05, 3.63) is 22.4 Å². The van der Waals surface area contributed by atoms with Gasteiger partial charge in [0.25, 0.3) is 0 Å². The Morgan fingerprint density at radius 3 is 3.00 bits per heavy atom. The minimum absolute atomic E-state index is 0.726. The molecule has 1 atom stereocenters. The van der Waals surface area contributed by atoms with Gasteiger partial charge in [0.05, 0.1) is 0 Å². The van der Waals surface area contributed by atoms with Crippen LogP contribution in [0.5, 0.6) is 0 Å². The first-order valence-corrected chi connectivity index (χ1v) is 3.45. The molecular weight excluding hydrogens is 132 g/mol. The Labute approximate surface area is 58.0 Å². The molecule has 0 aliphatic carbocycles. The molecule has 1 rings (SSSR count). The number of terminal acetylenes is 1. The molecule has 1 nitrogen and oxygen atoms in total. The van der Waals surface area contributed by atoms with E-state index in [0.29, 0.717) is 0 Å². The van der Waals surface area contributed by atoms with E-state index in [1.807, 2.05) is 16.8 Å². The summed E-state index contributed by atoms with van der Waals surface area (Å²) in [6, 6.07) is 1.81. The van der Waals surface area contributed by atoms with E-state index in [2.05, 4.69) is 5.92 Å². The van der Waals surface area contributed by atoms with Gasteiger partial charge in [-0.25, -0.2) is 0 Å². The summed E-state index contributed by atoms with van der Waals surface area (Å²) in [5.41, 5.74) is 0.808. The topological polar surface area (TPSA) is 20.2 Å². The smallest absolute Gasteiger partial charge is 0.140 e. The molecule has 0 saturated heterocycles. The Morgan fingerprint density at radius 1 is 1.78 bits per heavy atom. The zero-order valence-corrected chi connectivity index (χ0v) is 5.56. The summed E-state index contributed by atoms with van der Waals surface area (Å²) in [7, 11) is 0. The van der Waals surface area contributed by atoms with Gasteiger partial charge in [-0.15, -0.1) is 6.42 Å². The maximum atomic E-state index is 8.99. The fourth-order valence-electron chi connectivity index (χ4n) is 0.527. The molecule has 0 bridgehead atoms. The van der Waals surface area contributed by atoms with Crippen molar-refractivity contribution in [3.8, 4) is 12.3 Å². The van der Waals surface area contributed by atoms with E-state index in [9.17, 15) is 0 Å². The van der Waals surface area contributed by atoms with Crippen molar-refractivity contribution in [1.29, 1.82) is 0 Å². The van der Waals surface area contributed by atoms with Crippen LogP contribution in [-0.2, 0) is 0 Å². The summed E-state index contributed by atoms with van der Waals surface area (Å²) >= 11 is 1.53. The number of rotatable bonds is 1. The summed E-state index contributed by atoms with van der Waals surface area (Å²) in [5, 5.41) is 12.7. The number of hydrogen-bond acceptors (Lipinski definition) is 2. The molecular formula is C7H6OS. The molecule has 1 N–H and O–H groups in total. The van der Waals surface area contributed by atoms with Gasteiger partial charge in [0.1, 0.15) is 6.10 Å². The highest BCUT2D eigenvalue weighted by atomic mass is 32.1. The lowest BCUT2D eigenvalue weighted by Gasteiger charge is -1.95. The molecule has 0 fully saturated rings. The van der Waals surface area contributed by atoms with E-state index < -0.39 is 6.10 Å². The predicted octanol–water partition coefficient (Wildman–Crippen LogP) is 1.41. The minimum Gasteiger partial charge on any atom is -0.376 e. The highest BCUT2D eigenvalue weighted by molar-refractivity contribution is 7.07. The molecule has 0 aromatic carbocycles. The molecule has 1 aromatic heterocycles. The predicted molar refractivity (Wildman–Crippen MR) is 38.1 cm³/mol. The lowest BCUT2D eigenvalue weighted by molar-refractivity contribution is 0.239. The molecule has 46 valence electrons. The molecule has 9 heavy (non-hydrogen) atoms. The van der Waals surface area contributed by atoms with Gasteiger partial charge in [0.15, 0.2) is 0 Å². The van der Waals surface area contributed by atoms with Crippen molar-refractivity contribution >= 4 is 11.3 Å². The first-order valence-electron chi connectivity index (χ1n) is 2.51. The molecule has 0 aliphatic heterocycles. The third-order valence-electron chi connectivity index (χ3n) is 1.02. The monoisotopic (exact) mass is 138 g/mol. The van der Waals surface area contributed by atoms with Gasteiger partial charge in [-0.2, -0.15) is 11.3 Å². The van der Waals surface area contributed by atoms with Crippen molar-refractivity contribution in [3.63, 3.8) is 0 Å². The van der Waals surface area contributed by atoms with Crippen LogP contribution in [0.25, 0.3) is 0 Å². The molecule has 1 aromatic rings. The van der Waals surface area contributed by atoms with Gasteiger partial charge in [-0.3, -0.25) is 0 Å². The second kappa shape index (κ2) is 2.67. The first-order chi connectivity index (χ1) is 4.34. The second-order valence-electron chi connectivity index (χ2n) is 1.63. The number of thiophene rings is 1. The standard InChI is InChI=1S/C7H6OS/c1-2-7(8)6-3-4-9-5-6/h1,3-5,7-8H/t7-/m0/s1. The first kappa shape index (κ1) is 6.34. The summed E-state index contributed by atoms with van der Waals surface area (Å²) in [6.45, 7) is 0. The van der Waals surface area contributed by atoms with E-state index in [1.165, 1.54) is 11.3 Å². The lowest BCUT2D eigenvalue weighted by atomic mass is 10.2. The van der Waals surface area contributed by atoms with Crippen LogP contribution < -0.4 is 0 Å². The van der Waals surface area contributed by atoms with E-state index in [4.69, 9.17) is 11.5 Å². The highest BCUT2D eigenvalue weighted by Gasteiger charge is 2.00. The number of aliphatic hydroxyl groups excluding tert-OH is 1. The van der Waals surface area contributed by atoms with Crippen LogP contribution in [0, 0.1) is 12.3 Å². The summed E-state index contributed by atoms with van der Waals surface area (Å²) in [5.74, 6) is 2.23. The van der Waals surface area contributed by atoms with E-state index in [1.54, 1.807) is 0 Å². The van der Waals surface area contributed by atoms with E-state index >= 15 is 0 Å². The minimum atomic E-state index is -0.726. The summed E-state index contributed by atoms with van der Waals surface area (Å²) in [4.78, 5) is 0. The van der Waals surface area contributed by atoms with Crippen LogP contribution in [-0.4, -0.2) is 5.11 Å². The fourth-order valence-corrected chi connectivity index (χ4v) is 1.21. The third-order valence-corrected chi connectivity index (χ3v) is 1.72. The van der Waals surface area contributed by atoms with Gasteiger partial charge in [-0.1, -0.05) is 5.92 Å². The molecule has 2 heteroatoms. The normalized spacial score (nSPS) is 12.4. The van der Waals surface area contributed by atoms with Gasteiger partial charge in [0, 0.05) is 5.56 Å². The van der Waals surface area contributed by atoms with Gasteiger partial charge < -0.3 is 5.11 Å². The van der Waals surface area contributed by atoms with E-state index in [0.717, 1.165) is 5.56 Å². The average molecular weight is 138 g/mol. The van der Waals surface area contributed by atoms with Crippen molar-refractivity contribution in [2.24, 2.45) is 0 Å². The van der Waals surface area contributed by atoms with Crippen molar-refractivity contribution in [2.45, 2.75) is 6.10 Å². The van der Waals surface area contributed by atoms with Crippen LogP contribution in [0.15, 0.2) is 16.8 Å². The van der Waals surface area contributed by atoms with Gasteiger partial charge in [-0.05, 0) is 16.8 Å². The SMILES string of the molecule is C#C[C@H](O)c1ccsc1. The van der Waals surface area contributed by atoms with Crippen LogP contribution >= 0.6 is 11.3 Å². The average Bonchev–Trinajstić information content (AvgIpc) is 2.37. The van der Waals surface area contributed by atoms with Crippen LogP contribution in [0.4, 0.5) is 0 Å². The summed E-state index contributed by atoms with van der Waals surface area (Å²) < 4.78 is 0. The van der Waals surface area contributed by atoms with Crippen molar-refractivity contribution in [2.75, 3.05) is 0 Å². The third kappa shape index (κ3) is 1.32. The lowest BCUT2D eigenvalue weighted by Crippen LogP contribution is -1.88. The molecule has 0 spiro atoms. The van der Waals surface area contributed by atoms with Gasteiger partial charge >= 0.3 is 0 Å². The zero-order chi connectivity index (χ0) is 6.69. The van der Waals surface area contributed by atoms with Gasteiger partial charge in [0.2, 0.25) is 0 Å². The van der Waals surface area contributed by atoms with Crippen molar-refractivity contribution in [1.82, 2.24) is 0 Å². The second-order valence-corrected chi connectivity index (χ2v) is 2.41.